The molecule has 0 aliphatic carbocycles. The van der Waals surface area contributed by atoms with Gasteiger partial charge in [0, 0.05) is 24.4 Å². The fourth-order valence-electron chi connectivity index (χ4n) is 3.41. The van der Waals surface area contributed by atoms with E-state index in [1.807, 2.05) is 29.2 Å². The number of aromatic nitrogens is 2. The van der Waals surface area contributed by atoms with Gasteiger partial charge in [-0.15, -0.1) is 0 Å². The first-order chi connectivity index (χ1) is 12.7. The number of rotatable bonds is 4. The summed E-state index contributed by atoms with van der Waals surface area (Å²) < 4.78 is 18.7. The van der Waals surface area contributed by atoms with Crippen molar-refractivity contribution in [3.05, 3.63) is 60.0 Å². The van der Waals surface area contributed by atoms with Crippen molar-refractivity contribution in [2.45, 2.75) is 12.8 Å². The molecule has 0 saturated carbocycles. The van der Waals surface area contributed by atoms with Crippen LogP contribution >= 0.6 is 0 Å². The molecule has 6 heteroatoms. The van der Waals surface area contributed by atoms with Crippen LogP contribution in [0.2, 0.25) is 0 Å². The first-order valence-electron chi connectivity index (χ1n) is 8.81. The van der Waals surface area contributed by atoms with Gasteiger partial charge >= 0.3 is 0 Å². The molecule has 0 radical (unpaired) electrons. The first-order valence-corrected chi connectivity index (χ1v) is 8.81. The molecule has 5 nitrogen and oxygen atoms in total. The molecule has 3 aromatic rings. The molecule has 134 valence electrons. The van der Waals surface area contributed by atoms with Crippen LogP contribution in [0, 0.1) is 11.7 Å². The summed E-state index contributed by atoms with van der Waals surface area (Å²) in [6.45, 7) is 1.88. The minimum atomic E-state index is -0.280. The lowest BCUT2D eigenvalue weighted by Crippen LogP contribution is -2.41. The van der Waals surface area contributed by atoms with Crippen LogP contribution in [0.3, 0.4) is 0 Å². The van der Waals surface area contributed by atoms with Crippen LogP contribution in [0.25, 0.3) is 10.9 Å². The number of benzene rings is 2. The summed E-state index contributed by atoms with van der Waals surface area (Å²) in [4.78, 5) is 14.7. The number of H-pyrrole nitrogens is 1. The Morgan fingerprint density at radius 3 is 2.88 bits per heavy atom. The van der Waals surface area contributed by atoms with E-state index < -0.39 is 0 Å². The van der Waals surface area contributed by atoms with E-state index in [0.717, 1.165) is 30.3 Å². The second-order valence-electron chi connectivity index (χ2n) is 6.64. The van der Waals surface area contributed by atoms with E-state index in [1.54, 1.807) is 12.1 Å². The number of aromatic amines is 1. The Morgan fingerprint density at radius 2 is 2.04 bits per heavy atom. The van der Waals surface area contributed by atoms with Crippen molar-refractivity contribution in [2.75, 3.05) is 19.7 Å². The predicted octanol–water partition coefficient (Wildman–Crippen LogP) is 3.63. The normalized spacial score (nSPS) is 17.4. The highest BCUT2D eigenvalue weighted by molar-refractivity contribution is 6.04. The molecule has 26 heavy (non-hydrogen) atoms. The number of carbonyl (C=O) groups excluding carboxylic acids is 1. The van der Waals surface area contributed by atoms with E-state index in [1.165, 1.54) is 12.1 Å². The largest absolute Gasteiger partial charge is 0.493 e. The van der Waals surface area contributed by atoms with Gasteiger partial charge in [-0.05, 0) is 43.2 Å². The van der Waals surface area contributed by atoms with Crippen LogP contribution in [0.4, 0.5) is 4.39 Å². The highest BCUT2D eigenvalue weighted by atomic mass is 19.1. The van der Waals surface area contributed by atoms with Gasteiger partial charge in [-0.3, -0.25) is 9.89 Å². The number of fused-ring (bicyclic) bond motifs is 1. The number of hydrogen-bond donors (Lipinski definition) is 1. The summed E-state index contributed by atoms with van der Waals surface area (Å²) in [5.41, 5.74) is 1.34. The summed E-state index contributed by atoms with van der Waals surface area (Å²) in [5.74, 6) is 0.572. The molecular weight excluding hydrogens is 333 g/mol. The smallest absolute Gasteiger partial charge is 0.275 e. The van der Waals surface area contributed by atoms with Gasteiger partial charge in [-0.1, -0.05) is 18.2 Å². The van der Waals surface area contributed by atoms with Gasteiger partial charge in [0.15, 0.2) is 5.69 Å². The summed E-state index contributed by atoms with van der Waals surface area (Å²) in [6.07, 6.45) is 1.94. The quantitative estimate of drug-likeness (QED) is 0.779. The Hall–Kier alpha value is -2.89. The van der Waals surface area contributed by atoms with Gasteiger partial charge < -0.3 is 9.64 Å². The van der Waals surface area contributed by atoms with E-state index in [9.17, 15) is 9.18 Å². The Balaban J connectivity index is 1.41. The maximum atomic E-state index is 13.0. The van der Waals surface area contributed by atoms with E-state index in [0.29, 0.717) is 24.6 Å². The molecule has 2 heterocycles. The van der Waals surface area contributed by atoms with E-state index in [4.69, 9.17) is 4.74 Å². The van der Waals surface area contributed by atoms with Gasteiger partial charge in [0.2, 0.25) is 0 Å². The van der Waals surface area contributed by atoms with Crippen LogP contribution in [0.5, 0.6) is 5.75 Å². The number of likely N-dealkylation sites (tertiary alicyclic amines) is 1. The average Bonchev–Trinajstić information content (AvgIpc) is 3.11. The first kappa shape index (κ1) is 16.6. The van der Waals surface area contributed by atoms with Crippen molar-refractivity contribution in [2.24, 2.45) is 5.92 Å². The molecule has 0 spiro atoms. The average molecular weight is 353 g/mol. The summed E-state index contributed by atoms with van der Waals surface area (Å²) in [7, 11) is 0. The van der Waals surface area contributed by atoms with E-state index >= 15 is 0 Å². The van der Waals surface area contributed by atoms with Gasteiger partial charge in [0.05, 0.1) is 12.1 Å². The standard InChI is InChI=1S/C20H20FN3O2/c21-15-7-9-16(10-8-15)26-13-14-4-3-11-24(12-14)20(25)19-17-5-1-2-6-18(17)22-23-19/h1-2,5-10,14H,3-4,11-13H2,(H,22,23)/t14-/m0/s1. The van der Waals surface area contributed by atoms with Crippen LogP contribution in [-0.2, 0) is 0 Å². The fourth-order valence-corrected chi connectivity index (χ4v) is 3.41. The molecule has 0 unspecified atom stereocenters. The van der Waals surface area contributed by atoms with Crippen LogP contribution in [0.15, 0.2) is 48.5 Å². The Bertz CT molecular complexity index is 907. The molecule has 1 saturated heterocycles. The molecule has 1 aromatic heterocycles. The van der Waals surface area contributed by atoms with Gasteiger partial charge in [-0.2, -0.15) is 5.10 Å². The zero-order chi connectivity index (χ0) is 17.9. The lowest BCUT2D eigenvalue weighted by molar-refractivity contribution is 0.0629. The second kappa shape index (κ2) is 7.15. The third-order valence-corrected chi connectivity index (χ3v) is 4.78. The van der Waals surface area contributed by atoms with Crippen LogP contribution in [-0.4, -0.2) is 40.7 Å². The zero-order valence-corrected chi connectivity index (χ0v) is 14.3. The number of halogens is 1. The van der Waals surface area contributed by atoms with Crippen molar-refractivity contribution in [1.82, 2.24) is 15.1 Å². The molecule has 1 N–H and O–H groups in total. The Labute approximate surface area is 150 Å². The van der Waals surface area contributed by atoms with Crippen LogP contribution < -0.4 is 4.74 Å². The monoisotopic (exact) mass is 353 g/mol. The van der Waals surface area contributed by atoms with Gasteiger partial charge in [0.25, 0.3) is 5.91 Å². The molecule has 1 amide bonds. The molecule has 1 aliphatic rings. The number of amides is 1. The lowest BCUT2D eigenvalue weighted by Gasteiger charge is -2.32. The van der Waals surface area contributed by atoms with E-state index in [2.05, 4.69) is 10.2 Å². The molecule has 1 atom stereocenters. The maximum Gasteiger partial charge on any atom is 0.275 e. The number of ether oxygens (including phenoxy) is 1. The highest BCUT2D eigenvalue weighted by Gasteiger charge is 2.27. The Morgan fingerprint density at radius 1 is 1.23 bits per heavy atom. The van der Waals surface area contributed by atoms with Crippen molar-refractivity contribution in [1.29, 1.82) is 0 Å². The predicted molar refractivity (Wildman–Crippen MR) is 96.6 cm³/mol. The molecule has 0 bridgehead atoms. The van der Waals surface area contributed by atoms with E-state index in [-0.39, 0.29) is 17.6 Å². The third-order valence-electron chi connectivity index (χ3n) is 4.78. The number of hydrogen-bond acceptors (Lipinski definition) is 3. The van der Waals surface area contributed by atoms with Crippen molar-refractivity contribution in [3.8, 4) is 5.75 Å². The second-order valence-corrected chi connectivity index (χ2v) is 6.64. The number of para-hydroxylation sites is 1. The number of nitrogens with one attached hydrogen (secondary N) is 1. The number of piperidine rings is 1. The summed E-state index contributed by atoms with van der Waals surface area (Å²) in [6, 6.07) is 13.7. The highest BCUT2D eigenvalue weighted by Crippen LogP contribution is 2.23. The lowest BCUT2D eigenvalue weighted by atomic mass is 9.98. The van der Waals surface area contributed by atoms with Crippen LogP contribution in [0.1, 0.15) is 23.3 Å². The van der Waals surface area contributed by atoms with Crippen molar-refractivity contribution < 1.29 is 13.9 Å². The SMILES string of the molecule is O=C(c1n[nH]c2ccccc12)N1CCC[C@H](COc2ccc(F)cc2)C1. The van der Waals surface area contributed by atoms with Gasteiger partial charge in [-0.25, -0.2) is 4.39 Å². The minimum absolute atomic E-state index is 0.0473. The summed E-state index contributed by atoms with van der Waals surface area (Å²) in [5, 5.41) is 7.98. The molecule has 2 aromatic carbocycles. The topological polar surface area (TPSA) is 58.2 Å². The van der Waals surface area contributed by atoms with Crippen molar-refractivity contribution >= 4 is 16.8 Å². The maximum absolute atomic E-state index is 13.0. The molecule has 1 aliphatic heterocycles. The summed E-state index contributed by atoms with van der Waals surface area (Å²) >= 11 is 0. The Kier molecular flexibility index (Phi) is 4.56. The number of nitrogens with zero attached hydrogens (tertiary/aromatic N) is 2. The number of carbonyl (C=O) groups is 1. The zero-order valence-electron chi connectivity index (χ0n) is 14.3. The minimum Gasteiger partial charge on any atom is -0.493 e. The van der Waals surface area contributed by atoms with Crippen molar-refractivity contribution in [3.63, 3.8) is 0 Å². The fraction of sp³-hybridized carbons (Fsp3) is 0.300. The third kappa shape index (κ3) is 3.40. The van der Waals surface area contributed by atoms with Gasteiger partial charge in [0.1, 0.15) is 11.6 Å². The molecule has 1 fully saturated rings. The molecular formula is C20H20FN3O2. The molecule has 4 rings (SSSR count).